The van der Waals surface area contributed by atoms with Crippen LogP contribution in [-0.4, -0.2) is 6.04 Å². The van der Waals surface area contributed by atoms with Crippen molar-refractivity contribution in [2.45, 2.75) is 52.0 Å². The molecular formula is C12H23N. The highest BCUT2D eigenvalue weighted by Crippen LogP contribution is 2.33. The van der Waals surface area contributed by atoms with Crippen LogP contribution < -0.4 is 5.73 Å². The minimum Gasteiger partial charge on any atom is -0.328 e. The Morgan fingerprint density at radius 1 is 1.46 bits per heavy atom. The standard InChI is InChI=1S/C12H23N/c1-4-9(2)7-11-8-12(13)6-5-10(11)3/h10-12H,2,4-8,13H2,1,3H3. The number of rotatable bonds is 3. The highest BCUT2D eigenvalue weighted by Gasteiger charge is 2.25. The molecule has 0 bridgehead atoms. The maximum Gasteiger partial charge on any atom is 0.00417 e. The molecular weight excluding hydrogens is 158 g/mol. The van der Waals surface area contributed by atoms with E-state index in [1.165, 1.54) is 31.3 Å². The summed E-state index contributed by atoms with van der Waals surface area (Å²) in [4.78, 5) is 0. The molecule has 1 heteroatoms. The van der Waals surface area contributed by atoms with Gasteiger partial charge in [-0.05, 0) is 43.9 Å². The molecule has 0 aromatic rings. The van der Waals surface area contributed by atoms with Crippen LogP contribution >= 0.6 is 0 Å². The summed E-state index contributed by atoms with van der Waals surface area (Å²) in [5.74, 6) is 1.65. The highest BCUT2D eigenvalue weighted by atomic mass is 14.6. The molecule has 0 radical (unpaired) electrons. The molecule has 2 N–H and O–H groups in total. The summed E-state index contributed by atoms with van der Waals surface area (Å²) in [7, 11) is 0. The van der Waals surface area contributed by atoms with E-state index in [0.717, 1.165) is 18.3 Å². The largest absolute Gasteiger partial charge is 0.328 e. The Kier molecular flexibility index (Phi) is 3.98. The van der Waals surface area contributed by atoms with Gasteiger partial charge in [0.25, 0.3) is 0 Å². The van der Waals surface area contributed by atoms with Gasteiger partial charge in [-0.2, -0.15) is 0 Å². The highest BCUT2D eigenvalue weighted by molar-refractivity contribution is 4.97. The molecule has 1 nitrogen and oxygen atoms in total. The van der Waals surface area contributed by atoms with Gasteiger partial charge in [-0.25, -0.2) is 0 Å². The van der Waals surface area contributed by atoms with Gasteiger partial charge < -0.3 is 5.73 Å². The maximum absolute atomic E-state index is 5.97. The first-order chi connectivity index (χ1) is 6.13. The Morgan fingerprint density at radius 2 is 2.15 bits per heavy atom. The van der Waals surface area contributed by atoms with Crippen LogP contribution in [0.25, 0.3) is 0 Å². The first-order valence-corrected chi connectivity index (χ1v) is 5.55. The molecule has 0 aromatic carbocycles. The lowest BCUT2D eigenvalue weighted by Gasteiger charge is -2.33. The molecule has 1 rings (SSSR count). The van der Waals surface area contributed by atoms with E-state index >= 15 is 0 Å². The van der Waals surface area contributed by atoms with E-state index in [4.69, 9.17) is 5.73 Å². The van der Waals surface area contributed by atoms with Crippen molar-refractivity contribution in [3.63, 3.8) is 0 Å². The average molecular weight is 181 g/mol. The second-order valence-corrected chi connectivity index (χ2v) is 4.62. The van der Waals surface area contributed by atoms with Crippen molar-refractivity contribution in [1.82, 2.24) is 0 Å². The van der Waals surface area contributed by atoms with Gasteiger partial charge in [0.05, 0.1) is 0 Å². The lowest BCUT2D eigenvalue weighted by molar-refractivity contribution is 0.230. The summed E-state index contributed by atoms with van der Waals surface area (Å²) in [6.45, 7) is 8.64. The van der Waals surface area contributed by atoms with Crippen molar-refractivity contribution in [3.8, 4) is 0 Å². The molecule has 76 valence electrons. The maximum atomic E-state index is 5.97. The third-order valence-electron chi connectivity index (χ3n) is 3.45. The van der Waals surface area contributed by atoms with Gasteiger partial charge in [0, 0.05) is 6.04 Å². The summed E-state index contributed by atoms with van der Waals surface area (Å²) < 4.78 is 0. The second-order valence-electron chi connectivity index (χ2n) is 4.62. The zero-order chi connectivity index (χ0) is 9.84. The van der Waals surface area contributed by atoms with Gasteiger partial charge in [-0.1, -0.05) is 26.0 Å². The molecule has 0 saturated heterocycles. The predicted molar refractivity (Wildman–Crippen MR) is 58.5 cm³/mol. The summed E-state index contributed by atoms with van der Waals surface area (Å²) in [5, 5.41) is 0. The number of allylic oxidation sites excluding steroid dienone is 1. The Morgan fingerprint density at radius 3 is 2.77 bits per heavy atom. The van der Waals surface area contributed by atoms with Crippen LogP contribution in [0.5, 0.6) is 0 Å². The van der Waals surface area contributed by atoms with Crippen molar-refractivity contribution in [2.24, 2.45) is 17.6 Å². The smallest absolute Gasteiger partial charge is 0.00417 e. The van der Waals surface area contributed by atoms with Gasteiger partial charge in [0.15, 0.2) is 0 Å². The van der Waals surface area contributed by atoms with E-state index in [-0.39, 0.29) is 0 Å². The molecule has 0 aromatic heterocycles. The Labute approximate surface area is 82.4 Å². The van der Waals surface area contributed by atoms with Gasteiger partial charge in [-0.15, -0.1) is 0 Å². The Hall–Kier alpha value is -0.300. The third-order valence-corrected chi connectivity index (χ3v) is 3.45. The lowest BCUT2D eigenvalue weighted by atomic mass is 9.75. The fourth-order valence-corrected chi connectivity index (χ4v) is 2.25. The van der Waals surface area contributed by atoms with E-state index in [9.17, 15) is 0 Å². The molecule has 3 unspecified atom stereocenters. The Balaban J connectivity index is 2.41. The van der Waals surface area contributed by atoms with Crippen molar-refractivity contribution in [1.29, 1.82) is 0 Å². The van der Waals surface area contributed by atoms with Crippen molar-refractivity contribution < 1.29 is 0 Å². The molecule has 0 heterocycles. The molecule has 1 aliphatic rings. The molecule has 1 aliphatic carbocycles. The lowest BCUT2D eigenvalue weighted by Crippen LogP contribution is -2.32. The molecule has 13 heavy (non-hydrogen) atoms. The van der Waals surface area contributed by atoms with Gasteiger partial charge in [0.1, 0.15) is 0 Å². The van der Waals surface area contributed by atoms with E-state index in [1.807, 2.05) is 0 Å². The Bertz CT molecular complexity index is 174. The van der Waals surface area contributed by atoms with E-state index in [1.54, 1.807) is 0 Å². The average Bonchev–Trinajstić information content (AvgIpc) is 2.11. The molecule has 1 saturated carbocycles. The monoisotopic (exact) mass is 181 g/mol. The van der Waals surface area contributed by atoms with Crippen LogP contribution in [0, 0.1) is 11.8 Å². The summed E-state index contributed by atoms with van der Waals surface area (Å²) in [6, 6.07) is 0.450. The van der Waals surface area contributed by atoms with Crippen LogP contribution in [0.1, 0.15) is 46.0 Å². The zero-order valence-electron chi connectivity index (χ0n) is 9.05. The van der Waals surface area contributed by atoms with E-state index < -0.39 is 0 Å². The molecule has 0 aliphatic heterocycles. The number of nitrogens with two attached hydrogens (primary N) is 1. The van der Waals surface area contributed by atoms with Crippen LogP contribution in [0.4, 0.5) is 0 Å². The van der Waals surface area contributed by atoms with Crippen molar-refractivity contribution >= 4 is 0 Å². The second kappa shape index (κ2) is 4.80. The van der Waals surface area contributed by atoms with Crippen LogP contribution in [-0.2, 0) is 0 Å². The SMILES string of the molecule is C=C(CC)CC1CC(N)CCC1C. The summed E-state index contributed by atoms with van der Waals surface area (Å²) >= 11 is 0. The topological polar surface area (TPSA) is 26.0 Å². The molecule has 0 amide bonds. The third kappa shape index (κ3) is 3.15. The van der Waals surface area contributed by atoms with E-state index in [2.05, 4.69) is 20.4 Å². The zero-order valence-corrected chi connectivity index (χ0v) is 9.05. The first kappa shape index (κ1) is 10.8. The fourth-order valence-electron chi connectivity index (χ4n) is 2.25. The van der Waals surface area contributed by atoms with E-state index in [0.29, 0.717) is 6.04 Å². The van der Waals surface area contributed by atoms with Gasteiger partial charge in [0.2, 0.25) is 0 Å². The molecule has 1 fully saturated rings. The van der Waals surface area contributed by atoms with Crippen LogP contribution in [0.15, 0.2) is 12.2 Å². The number of hydrogen-bond donors (Lipinski definition) is 1. The molecule has 3 atom stereocenters. The van der Waals surface area contributed by atoms with Gasteiger partial charge in [-0.3, -0.25) is 0 Å². The fraction of sp³-hybridized carbons (Fsp3) is 0.833. The summed E-state index contributed by atoms with van der Waals surface area (Å²) in [5.41, 5.74) is 7.37. The van der Waals surface area contributed by atoms with Crippen LogP contribution in [0.3, 0.4) is 0 Å². The van der Waals surface area contributed by atoms with Crippen molar-refractivity contribution in [3.05, 3.63) is 12.2 Å². The summed E-state index contributed by atoms with van der Waals surface area (Å²) in [6.07, 6.45) is 6.06. The predicted octanol–water partition coefficient (Wildman–Crippen LogP) is 3.11. The first-order valence-electron chi connectivity index (χ1n) is 5.55. The van der Waals surface area contributed by atoms with Crippen molar-refractivity contribution in [2.75, 3.05) is 0 Å². The normalized spacial score (nSPS) is 34.5. The van der Waals surface area contributed by atoms with Gasteiger partial charge >= 0.3 is 0 Å². The minimum atomic E-state index is 0.450. The molecule has 0 spiro atoms. The minimum absolute atomic E-state index is 0.450. The quantitative estimate of drug-likeness (QED) is 0.665. The number of hydrogen-bond acceptors (Lipinski definition) is 1. The van der Waals surface area contributed by atoms with Crippen LogP contribution in [0.2, 0.25) is 0 Å².